The molecule has 0 saturated carbocycles. The standard InChI is InChI=1S/C19H31NO3/c1-13(10-14(2)21)12-20-18(22)15(3)23-17-9-7-8-16(11-17)19(4,5)6/h7-9,11,13-15,21H,10,12H2,1-6H3,(H,20,22). The lowest BCUT2D eigenvalue weighted by atomic mass is 9.87. The summed E-state index contributed by atoms with van der Waals surface area (Å²) in [6.07, 6.45) is -0.233. The van der Waals surface area contributed by atoms with Crippen LogP contribution in [-0.2, 0) is 10.2 Å². The summed E-state index contributed by atoms with van der Waals surface area (Å²) < 4.78 is 5.76. The number of aliphatic hydroxyl groups excluding tert-OH is 1. The highest BCUT2D eigenvalue weighted by Gasteiger charge is 2.18. The molecular formula is C19H31NO3. The Morgan fingerprint density at radius 3 is 2.48 bits per heavy atom. The third kappa shape index (κ3) is 7.04. The molecule has 0 bridgehead atoms. The van der Waals surface area contributed by atoms with E-state index in [1.54, 1.807) is 13.8 Å². The molecule has 4 nitrogen and oxygen atoms in total. The lowest BCUT2D eigenvalue weighted by Gasteiger charge is -2.21. The lowest BCUT2D eigenvalue weighted by molar-refractivity contribution is -0.127. The number of hydrogen-bond acceptors (Lipinski definition) is 3. The fourth-order valence-corrected chi connectivity index (χ4v) is 2.38. The summed E-state index contributed by atoms with van der Waals surface area (Å²) in [7, 11) is 0. The zero-order valence-corrected chi connectivity index (χ0v) is 15.2. The first-order chi connectivity index (χ1) is 10.6. The highest BCUT2D eigenvalue weighted by Crippen LogP contribution is 2.26. The van der Waals surface area contributed by atoms with E-state index in [1.807, 2.05) is 25.1 Å². The van der Waals surface area contributed by atoms with Crippen molar-refractivity contribution in [3.63, 3.8) is 0 Å². The van der Waals surface area contributed by atoms with E-state index >= 15 is 0 Å². The molecule has 1 rings (SSSR count). The Hall–Kier alpha value is -1.55. The molecule has 0 heterocycles. The summed E-state index contributed by atoms with van der Waals surface area (Å²) in [6, 6.07) is 7.87. The monoisotopic (exact) mass is 321 g/mol. The SMILES string of the molecule is CC(O)CC(C)CNC(=O)C(C)Oc1cccc(C(C)(C)C)c1. The van der Waals surface area contributed by atoms with E-state index < -0.39 is 6.10 Å². The maximum absolute atomic E-state index is 12.1. The van der Waals surface area contributed by atoms with Gasteiger partial charge in [0.15, 0.2) is 6.10 Å². The average Bonchev–Trinajstić information content (AvgIpc) is 2.43. The minimum Gasteiger partial charge on any atom is -0.481 e. The molecule has 130 valence electrons. The molecule has 0 aromatic heterocycles. The van der Waals surface area contributed by atoms with Crippen molar-refractivity contribution in [1.29, 1.82) is 0 Å². The van der Waals surface area contributed by atoms with Crippen molar-refractivity contribution in [3.05, 3.63) is 29.8 Å². The first-order valence-electron chi connectivity index (χ1n) is 8.32. The van der Waals surface area contributed by atoms with Gasteiger partial charge in [0.1, 0.15) is 5.75 Å². The number of carbonyl (C=O) groups excluding carboxylic acids is 1. The fourth-order valence-electron chi connectivity index (χ4n) is 2.38. The number of aliphatic hydroxyl groups is 1. The predicted molar refractivity (Wildman–Crippen MR) is 93.7 cm³/mol. The van der Waals surface area contributed by atoms with Gasteiger partial charge in [-0.1, -0.05) is 39.8 Å². The number of amides is 1. The van der Waals surface area contributed by atoms with Crippen LogP contribution in [0.4, 0.5) is 0 Å². The van der Waals surface area contributed by atoms with Crippen LogP contribution in [0.25, 0.3) is 0 Å². The smallest absolute Gasteiger partial charge is 0.260 e. The molecule has 0 aliphatic rings. The summed E-state index contributed by atoms with van der Waals surface area (Å²) in [6.45, 7) is 12.5. The third-order valence-corrected chi connectivity index (χ3v) is 3.75. The van der Waals surface area contributed by atoms with E-state index in [0.29, 0.717) is 18.7 Å². The zero-order chi connectivity index (χ0) is 17.6. The summed E-state index contributed by atoms with van der Waals surface area (Å²) >= 11 is 0. The van der Waals surface area contributed by atoms with Crippen molar-refractivity contribution < 1.29 is 14.6 Å². The Kier molecular flexibility index (Phi) is 7.07. The molecule has 0 aliphatic carbocycles. The van der Waals surface area contributed by atoms with E-state index in [0.717, 1.165) is 0 Å². The van der Waals surface area contributed by atoms with Gasteiger partial charge in [0, 0.05) is 6.54 Å². The topological polar surface area (TPSA) is 58.6 Å². The second kappa shape index (κ2) is 8.34. The van der Waals surface area contributed by atoms with Crippen molar-refractivity contribution in [3.8, 4) is 5.75 Å². The summed E-state index contributed by atoms with van der Waals surface area (Å²) in [5, 5.41) is 12.2. The molecule has 1 aromatic carbocycles. The molecule has 1 aromatic rings. The van der Waals surface area contributed by atoms with Crippen molar-refractivity contribution in [2.75, 3.05) is 6.54 Å². The maximum Gasteiger partial charge on any atom is 0.260 e. The van der Waals surface area contributed by atoms with Crippen molar-refractivity contribution in [1.82, 2.24) is 5.32 Å². The second-order valence-electron chi connectivity index (χ2n) is 7.47. The van der Waals surface area contributed by atoms with Crippen molar-refractivity contribution >= 4 is 5.91 Å². The number of nitrogens with one attached hydrogen (secondary N) is 1. The molecule has 0 radical (unpaired) electrons. The molecule has 0 spiro atoms. The Balaban J connectivity index is 2.55. The highest BCUT2D eigenvalue weighted by atomic mass is 16.5. The number of hydrogen-bond donors (Lipinski definition) is 2. The number of benzene rings is 1. The van der Waals surface area contributed by atoms with Gasteiger partial charge in [-0.15, -0.1) is 0 Å². The molecular weight excluding hydrogens is 290 g/mol. The minimum absolute atomic E-state index is 0.0429. The van der Waals surface area contributed by atoms with Crippen LogP contribution >= 0.6 is 0 Å². The Labute approximate surface area is 140 Å². The maximum atomic E-state index is 12.1. The van der Waals surface area contributed by atoms with E-state index in [1.165, 1.54) is 5.56 Å². The van der Waals surface area contributed by atoms with Crippen LogP contribution in [0.15, 0.2) is 24.3 Å². The largest absolute Gasteiger partial charge is 0.481 e. The molecule has 3 atom stereocenters. The zero-order valence-electron chi connectivity index (χ0n) is 15.2. The van der Waals surface area contributed by atoms with Gasteiger partial charge >= 0.3 is 0 Å². The minimum atomic E-state index is -0.552. The average molecular weight is 321 g/mol. The van der Waals surface area contributed by atoms with Crippen LogP contribution in [0.5, 0.6) is 5.75 Å². The van der Waals surface area contributed by atoms with Crippen LogP contribution in [-0.4, -0.2) is 29.8 Å². The molecule has 0 fully saturated rings. The predicted octanol–water partition coefficient (Wildman–Crippen LogP) is 3.27. The van der Waals surface area contributed by atoms with Gasteiger partial charge < -0.3 is 15.2 Å². The van der Waals surface area contributed by atoms with Gasteiger partial charge in [-0.05, 0) is 49.3 Å². The van der Waals surface area contributed by atoms with Gasteiger partial charge in [-0.2, -0.15) is 0 Å². The van der Waals surface area contributed by atoms with E-state index in [4.69, 9.17) is 4.74 Å². The van der Waals surface area contributed by atoms with Crippen LogP contribution in [0, 0.1) is 5.92 Å². The van der Waals surface area contributed by atoms with Gasteiger partial charge in [0.2, 0.25) is 0 Å². The molecule has 4 heteroatoms. The Bertz CT molecular complexity index is 506. The lowest BCUT2D eigenvalue weighted by Crippen LogP contribution is -2.38. The summed E-state index contributed by atoms with van der Waals surface area (Å²) in [4.78, 5) is 12.1. The molecule has 23 heavy (non-hydrogen) atoms. The van der Waals surface area contributed by atoms with Crippen molar-refractivity contribution in [2.45, 2.75) is 65.6 Å². The summed E-state index contributed by atoms with van der Waals surface area (Å²) in [5.74, 6) is 0.802. The molecule has 2 N–H and O–H groups in total. The summed E-state index contributed by atoms with van der Waals surface area (Å²) in [5.41, 5.74) is 1.22. The molecule has 1 amide bonds. The van der Waals surface area contributed by atoms with E-state index in [9.17, 15) is 9.90 Å². The first kappa shape index (κ1) is 19.5. The second-order valence-corrected chi connectivity index (χ2v) is 7.47. The Morgan fingerprint density at radius 2 is 1.91 bits per heavy atom. The van der Waals surface area contributed by atoms with Crippen LogP contribution in [0.3, 0.4) is 0 Å². The van der Waals surface area contributed by atoms with Crippen molar-refractivity contribution in [2.24, 2.45) is 5.92 Å². The first-order valence-corrected chi connectivity index (χ1v) is 8.32. The van der Waals surface area contributed by atoms with Gasteiger partial charge in [-0.25, -0.2) is 0 Å². The van der Waals surface area contributed by atoms with Crippen LogP contribution in [0.1, 0.15) is 53.5 Å². The number of carbonyl (C=O) groups is 1. The number of ether oxygens (including phenoxy) is 1. The third-order valence-electron chi connectivity index (χ3n) is 3.75. The van der Waals surface area contributed by atoms with Gasteiger partial charge in [0.05, 0.1) is 6.10 Å². The van der Waals surface area contributed by atoms with Gasteiger partial charge in [0.25, 0.3) is 5.91 Å². The Morgan fingerprint density at radius 1 is 1.26 bits per heavy atom. The highest BCUT2D eigenvalue weighted by molar-refractivity contribution is 5.80. The van der Waals surface area contributed by atoms with E-state index in [-0.39, 0.29) is 23.3 Å². The molecule has 0 saturated heterocycles. The number of rotatable bonds is 7. The van der Waals surface area contributed by atoms with Gasteiger partial charge in [-0.3, -0.25) is 4.79 Å². The quantitative estimate of drug-likeness (QED) is 0.810. The van der Waals surface area contributed by atoms with Crippen LogP contribution in [0.2, 0.25) is 0 Å². The van der Waals surface area contributed by atoms with E-state index in [2.05, 4.69) is 32.2 Å². The molecule has 3 unspecified atom stereocenters. The molecule has 0 aliphatic heterocycles. The fraction of sp³-hybridized carbons (Fsp3) is 0.632. The normalized spacial score (nSPS) is 15.6. The van der Waals surface area contributed by atoms with Crippen LogP contribution < -0.4 is 10.1 Å².